The summed E-state index contributed by atoms with van der Waals surface area (Å²) in [6.07, 6.45) is 4.05. The third-order valence-corrected chi connectivity index (χ3v) is 6.74. The number of nitrogens with zero attached hydrogens (tertiary/aromatic N) is 3. The van der Waals surface area contributed by atoms with Crippen molar-refractivity contribution >= 4 is 40.1 Å². The summed E-state index contributed by atoms with van der Waals surface area (Å²) >= 11 is 1.35. The van der Waals surface area contributed by atoms with Gasteiger partial charge in [0.2, 0.25) is 5.91 Å². The lowest BCUT2D eigenvalue weighted by molar-refractivity contribution is -0.132. The Labute approximate surface area is 193 Å². The number of imide groups is 1. The molecule has 4 heterocycles. The smallest absolute Gasteiger partial charge is 0.261 e. The minimum Gasteiger partial charge on any atom is -0.472 e. The number of fused-ring (bicyclic) bond motifs is 2. The van der Waals surface area contributed by atoms with Gasteiger partial charge in [-0.15, -0.1) is 0 Å². The molecule has 5 rings (SSSR count). The lowest BCUT2D eigenvalue weighted by Gasteiger charge is -2.26. The second-order valence-corrected chi connectivity index (χ2v) is 8.92. The molecule has 0 fully saturated rings. The van der Waals surface area contributed by atoms with Crippen LogP contribution in [-0.2, 0) is 17.8 Å². The Bertz CT molecular complexity index is 1210. The summed E-state index contributed by atoms with van der Waals surface area (Å²) in [7, 11) is 0. The van der Waals surface area contributed by atoms with Crippen molar-refractivity contribution in [2.75, 3.05) is 18.4 Å². The maximum Gasteiger partial charge on any atom is 0.261 e. The average Bonchev–Trinajstić information content (AvgIpc) is 3.54. The first-order valence-corrected chi connectivity index (χ1v) is 11.4. The Hall–Kier alpha value is -3.79. The molecule has 4 amide bonds. The van der Waals surface area contributed by atoms with E-state index in [9.17, 15) is 19.2 Å². The van der Waals surface area contributed by atoms with E-state index < -0.39 is 0 Å². The number of furan rings is 1. The van der Waals surface area contributed by atoms with Gasteiger partial charge in [-0.05, 0) is 24.6 Å². The zero-order valence-corrected chi connectivity index (χ0v) is 18.4. The highest BCUT2D eigenvalue weighted by Gasteiger charge is 2.34. The van der Waals surface area contributed by atoms with Crippen molar-refractivity contribution in [3.8, 4) is 0 Å². The molecule has 0 atom stereocenters. The molecule has 33 heavy (non-hydrogen) atoms. The molecule has 168 valence electrons. The van der Waals surface area contributed by atoms with Crippen LogP contribution >= 0.6 is 11.3 Å². The van der Waals surface area contributed by atoms with Gasteiger partial charge < -0.3 is 9.32 Å². The van der Waals surface area contributed by atoms with E-state index in [4.69, 9.17) is 4.42 Å². The van der Waals surface area contributed by atoms with Crippen LogP contribution in [0.1, 0.15) is 54.5 Å². The van der Waals surface area contributed by atoms with Crippen molar-refractivity contribution in [3.63, 3.8) is 0 Å². The molecule has 10 heteroatoms. The summed E-state index contributed by atoms with van der Waals surface area (Å²) in [5, 5.41) is 3.25. The van der Waals surface area contributed by atoms with Gasteiger partial charge in [0.1, 0.15) is 6.26 Å². The largest absolute Gasteiger partial charge is 0.472 e. The number of carbonyl (C=O) groups is 4. The molecule has 0 saturated heterocycles. The first-order chi connectivity index (χ1) is 16.0. The molecule has 3 aromatic rings. The fraction of sp³-hybridized carbons (Fsp3) is 0.261. The standard InChI is InChI=1S/C23H20N4O5S/c28-19(6-3-9-27-21(30)15-4-1-2-5-16(15)22(27)31)26-10-7-17-18(12-26)33-23(24-17)25-20(29)14-8-11-32-13-14/h1-2,4-5,8,11,13H,3,6-7,9-10,12H2,(H,24,25,29). The maximum absolute atomic E-state index is 12.7. The van der Waals surface area contributed by atoms with Crippen LogP contribution < -0.4 is 5.32 Å². The zero-order valence-electron chi connectivity index (χ0n) is 17.6. The second kappa shape index (κ2) is 8.62. The predicted octanol–water partition coefficient (Wildman–Crippen LogP) is 2.95. The zero-order chi connectivity index (χ0) is 22.9. The number of hydrogen-bond donors (Lipinski definition) is 1. The maximum atomic E-state index is 12.7. The molecular weight excluding hydrogens is 444 g/mol. The first-order valence-electron chi connectivity index (χ1n) is 10.6. The number of amides is 4. The molecule has 1 aromatic carbocycles. The highest BCUT2D eigenvalue weighted by Crippen LogP contribution is 2.29. The molecule has 0 bridgehead atoms. The second-order valence-electron chi connectivity index (χ2n) is 7.83. The van der Waals surface area contributed by atoms with E-state index in [0.29, 0.717) is 47.8 Å². The summed E-state index contributed by atoms with van der Waals surface area (Å²) < 4.78 is 4.93. The molecule has 2 aliphatic rings. The number of hydrogen-bond acceptors (Lipinski definition) is 7. The Balaban J connectivity index is 1.14. The quantitative estimate of drug-likeness (QED) is 0.561. The van der Waals surface area contributed by atoms with Gasteiger partial charge in [0.15, 0.2) is 5.13 Å². The number of benzene rings is 1. The Morgan fingerprint density at radius 2 is 1.88 bits per heavy atom. The molecule has 0 saturated carbocycles. The van der Waals surface area contributed by atoms with E-state index in [1.54, 1.807) is 35.2 Å². The number of aromatic nitrogens is 1. The summed E-state index contributed by atoms with van der Waals surface area (Å²) in [6, 6.07) is 8.33. The van der Waals surface area contributed by atoms with Crippen molar-refractivity contribution in [1.29, 1.82) is 0 Å². The summed E-state index contributed by atoms with van der Waals surface area (Å²) in [5.74, 6) is -0.939. The van der Waals surface area contributed by atoms with Crippen molar-refractivity contribution < 1.29 is 23.6 Å². The van der Waals surface area contributed by atoms with Gasteiger partial charge >= 0.3 is 0 Å². The normalized spacial score (nSPS) is 14.9. The van der Waals surface area contributed by atoms with Crippen LogP contribution in [0.3, 0.4) is 0 Å². The van der Waals surface area contributed by atoms with E-state index in [1.165, 1.54) is 28.8 Å². The van der Waals surface area contributed by atoms with Gasteiger partial charge in [0, 0.05) is 30.8 Å². The van der Waals surface area contributed by atoms with E-state index in [2.05, 4.69) is 10.3 Å². The van der Waals surface area contributed by atoms with E-state index in [-0.39, 0.29) is 36.6 Å². The van der Waals surface area contributed by atoms with Gasteiger partial charge in [-0.3, -0.25) is 29.4 Å². The monoisotopic (exact) mass is 464 g/mol. The topological polar surface area (TPSA) is 113 Å². The van der Waals surface area contributed by atoms with Gasteiger partial charge in [0.25, 0.3) is 17.7 Å². The number of nitrogens with one attached hydrogen (secondary N) is 1. The molecule has 0 spiro atoms. The lowest BCUT2D eigenvalue weighted by atomic mass is 10.1. The van der Waals surface area contributed by atoms with Gasteiger partial charge in [-0.2, -0.15) is 0 Å². The van der Waals surface area contributed by atoms with Crippen LogP contribution in [-0.4, -0.2) is 51.5 Å². The van der Waals surface area contributed by atoms with Crippen LogP contribution in [0.25, 0.3) is 0 Å². The minimum atomic E-state index is -0.305. The minimum absolute atomic E-state index is 0.0327. The molecular formula is C23H20N4O5S. The molecule has 2 aliphatic heterocycles. The Morgan fingerprint density at radius 1 is 1.12 bits per heavy atom. The highest BCUT2D eigenvalue weighted by atomic mass is 32.1. The summed E-state index contributed by atoms with van der Waals surface area (Å²) in [4.78, 5) is 58.2. The molecule has 2 aromatic heterocycles. The first kappa shape index (κ1) is 21.1. The molecule has 9 nitrogen and oxygen atoms in total. The summed E-state index contributed by atoms with van der Waals surface area (Å²) in [5.41, 5.74) is 2.13. The van der Waals surface area contributed by atoms with Crippen LogP contribution in [0, 0.1) is 0 Å². The lowest BCUT2D eigenvalue weighted by Crippen LogP contribution is -2.36. The number of thiazole rings is 1. The molecule has 1 N–H and O–H groups in total. The fourth-order valence-corrected chi connectivity index (χ4v) is 5.03. The molecule has 0 aliphatic carbocycles. The fourth-order valence-electron chi connectivity index (χ4n) is 4.01. The summed E-state index contributed by atoms with van der Waals surface area (Å²) in [6.45, 7) is 1.18. The van der Waals surface area contributed by atoms with E-state index in [1.807, 2.05) is 0 Å². The van der Waals surface area contributed by atoms with Gasteiger partial charge in [-0.25, -0.2) is 4.98 Å². The van der Waals surface area contributed by atoms with Crippen molar-refractivity contribution in [3.05, 3.63) is 70.1 Å². The van der Waals surface area contributed by atoms with Gasteiger partial charge in [-0.1, -0.05) is 23.5 Å². The van der Waals surface area contributed by atoms with Crippen molar-refractivity contribution in [1.82, 2.24) is 14.8 Å². The number of carbonyl (C=O) groups excluding carboxylic acids is 4. The number of rotatable bonds is 6. The highest BCUT2D eigenvalue weighted by molar-refractivity contribution is 7.15. The van der Waals surface area contributed by atoms with Crippen LogP contribution in [0.15, 0.2) is 47.3 Å². The van der Waals surface area contributed by atoms with Crippen LogP contribution in [0.5, 0.6) is 0 Å². The Kier molecular flexibility index (Phi) is 5.51. The Morgan fingerprint density at radius 3 is 2.58 bits per heavy atom. The molecule has 0 unspecified atom stereocenters. The van der Waals surface area contributed by atoms with Crippen molar-refractivity contribution in [2.24, 2.45) is 0 Å². The predicted molar refractivity (Wildman–Crippen MR) is 119 cm³/mol. The SMILES string of the molecule is O=C(Nc1nc2c(s1)CN(C(=O)CCCN1C(=O)c3ccccc3C1=O)CC2)c1ccoc1. The third-order valence-electron chi connectivity index (χ3n) is 5.74. The molecule has 0 radical (unpaired) electrons. The van der Waals surface area contributed by atoms with Crippen molar-refractivity contribution in [2.45, 2.75) is 25.8 Å². The van der Waals surface area contributed by atoms with Crippen LogP contribution in [0.4, 0.5) is 5.13 Å². The van der Waals surface area contributed by atoms with Gasteiger partial charge in [0.05, 0.1) is 35.2 Å². The average molecular weight is 465 g/mol. The third kappa shape index (κ3) is 4.05. The van der Waals surface area contributed by atoms with E-state index in [0.717, 1.165) is 10.6 Å². The van der Waals surface area contributed by atoms with Crippen LogP contribution in [0.2, 0.25) is 0 Å². The van der Waals surface area contributed by atoms with E-state index >= 15 is 0 Å². The number of anilines is 1.